The monoisotopic (exact) mass is 429 g/mol. The van der Waals surface area contributed by atoms with Crippen molar-refractivity contribution >= 4 is 23.4 Å². The van der Waals surface area contributed by atoms with Crippen molar-refractivity contribution in [3.05, 3.63) is 65.2 Å². The fourth-order valence-electron chi connectivity index (χ4n) is 3.82. The molecule has 1 aliphatic heterocycles. The van der Waals surface area contributed by atoms with Crippen molar-refractivity contribution in [1.29, 1.82) is 0 Å². The molecule has 0 bridgehead atoms. The zero-order chi connectivity index (χ0) is 22.7. The van der Waals surface area contributed by atoms with Gasteiger partial charge in [0, 0.05) is 18.8 Å². The molecule has 3 rings (SSSR count). The molecule has 8 heteroatoms. The molecule has 2 aromatic rings. The highest BCUT2D eigenvalue weighted by molar-refractivity contribution is 6.01. The molecule has 6 nitrogen and oxygen atoms in total. The van der Waals surface area contributed by atoms with Crippen LogP contribution >= 0.6 is 0 Å². The van der Waals surface area contributed by atoms with E-state index in [0.717, 1.165) is 29.4 Å². The largest absolute Gasteiger partial charge is 0.344 e. The third-order valence-corrected chi connectivity index (χ3v) is 5.42. The van der Waals surface area contributed by atoms with Crippen LogP contribution in [0.25, 0.3) is 0 Å². The van der Waals surface area contributed by atoms with E-state index in [1.807, 2.05) is 31.2 Å². The van der Waals surface area contributed by atoms with Gasteiger partial charge in [-0.25, -0.2) is 8.78 Å². The van der Waals surface area contributed by atoms with Crippen LogP contribution in [0.1, 0.15) is 37.3 Å². The van der Waals surface area contributed by atoms with Crippen LogP contribution in [0.5, 0.6) is 0 Å². The van der Waals surface area contributed by atoms with Crippen LogP contribution in [0.3, 0.4) is 0 Å². The van der Waals surface area contributed by atoms with Gasteiger partial charge in [-0.15, -0.1) is 0 Å². The second-order valence-electron chi connectivity index (χ2n) is 7.90. The Balaban J connectivity index is 1.62. The first-order valence-corrected chi connectivity index (χ1v) is 10.1. The lowest BCUT2D eigenvalue weighted by Crippen LogP contribution is -2.53. The third-order valence-electron chi connectivity index (χ3n) is 5.42. The average molecular weight is 429 g/mol. The number of amides is 3. The summed E-state index contributed by atoms with van der Waals surface area (Å²) in [6.07, 6.45) is 0.152. The maximum absolute atomic E-state index is 13.3. The van der Waals surface area contributed by atoms with Crippen LogP contribution in [-0.2, 0) is 20.8 Å². The Morgan fingerprint density at radius 3 is 2.48 bits per heavy atom. The Morgan fingerprint density at radius 1 is 1.16 bits per heavy atom. The molecule has 0 aliphatic carbocycles. The first-order chi connectivity index (χ1) is 14.7. The number of para-hydroxylation sites is 1. The Labute approximate surface area is 179 Å². The molecule has 1 aliphatic rings. The van der Waals surface area contributed by atoms with Crippen molar-refractivity contribution in [2.45, 2.75) is 44.7 Å². The Kier molecular flexibility index (Phi) is 6.68. The number of likely N-dealkylation sites (N-methyl/N-ethyl adjacent to an activating group) is 1. The molecule has 0 fully saturated rings. The maximum Gasteiger partial charge on any atom is 0.249 e. The molecule has 31 heavy (non-hydrogen) atoms. The Hall–Kier alpha value is -3.29. The van der Waals surface area contributed by atoms with Gasteiger partial charge < -0.3 is 15.5 Å². The molecule has 2 unspecified atom stereocenters. The predicted octanol–water partition coefficient (Wildman–Crippen LogP) is 2.67. The fraction of sp³-hybridized carbons (Fsp3) is 0.348. The van der Waals surface area contributed by atoms with Gasteiger partial charge in [-0.1, -0.05) is 25.1 Å². The van der Waals surface area contributed by atoms with E-state index in [0.29, 0.717) is 6.42 Å². The van der Waals surface area contributed by atoms with E-state index in [1.165, 1.54) is 11.8 Å². The summed E-state index contributed by atoms with van der Waals surface area (Å²) < 4.78 is 26.6. The minimum atomic E-state index is -0.926. The molecule has 0 aromatic heterocycles. The van der Waals surface area contributed by atoms with E-state index in [1.54, 1.807) is 7.05 Å². The first kappa shape index (κ1) is 22.4. The van der Waals surface area contributed by atoms with Crippen molar-refractivity contribution in [2.75, 3.05) is 11.9 Å². The van der Waals surface area contributed by atoms with E-state index in [4.69, 9.17) is 0 Å². The Bertz CT molecular complexity index is 991. The van der Waals surface area contributed by atoms with Crippen LogP contribution in [0, 0.1) is 11.6 Å². The van der Waals surface area contributed by atoms with Gasteiger partial charge in [0.25, 0.3) is 0 Å². The lowest BCUT2D eigenvalue weighted by Gasteiger charge is -2.23. The smallest absolute Gasteiger partial charge is 0.249 e. The molecular weight excluding hydrogens is 404 g/mol. The first-order valence-electron chi connectivity index (χ1n) is 10.1. The van der Waals surface area contributed by atoms with E-state index < -0.39 is 35.5 Å². The van der Waals surface area contributed by atoms with E-state index >= 15 is 0 Å². The number of benzene rings is 2. The predicted molar refractivity (Wildman–Crippen MR) is 112 cm³/mol. The zero-order valence-corrected chi connectivity index (χ0v) is 17.6. The molecule has 0 spiro atoms. The number of fused-ring (bicyclic) bond motifs is 1. The summed E-state index contributed by atoms with van der Waals surface area (Å²) in [5, 5.41) is 5.23. The van der Waals surface area contributed by atoms with Gasteiger partial charge in [0.15, 0.2) is 0 Å². The van der Waals surface area contributed by atoms with Crippen molar-refractivity contribution in [3.8, 4) is 0 Å². The van der Waals surface area contributed by atoms with Crippen molar-refractivity contribution in [2.24, 2.45) is 0 Å². The van der Waals surface area contributed by atoms with Crippen LogP contribution in [0.15, 0.2) is 42.5 Å². The minimum absolute atomic E-state index is 0.0446. The van der Waals surface area contributed by atoms with Gasteiger partial charge in [0.05, 0.1) is 6.42 Å². The maximum atomic E-state index is 13.3. The lowest BCUT2D eigenvalue weighted by molar-refractivity contribution is -0.130. The number of carbonyl (C=O) groups is 3. The summed E-state index contributed by atoms with van der Waals surface area (Å²) in [5.41, 5.74) is 1.99. The molecule has 164 valence electrons. The highest BCUT2D eigenvalue weighted by atomic mass is 19.1. The molecule has 0 radical (unpaired) electrons. The standard InChI is InChI=1S/C23H25F2N3O3/c1-13-8-19(23(31)28(3)20-7-5-4-6-18(13)20)27-22(30)14(2)26-21(29)11-15-9-16(24)12-17(25)10-15/h4-7,9-10,12-14,19H,8,11H2,1-3H3,(H,26,29)(H,27,30)/t13?,14-,19?/m0/s1. The van der Waals surface area contributed by atoms with Crippen molar-refractivity contribution in [1.82, 2.24) is 10.6 Å². The van der Waals surface area contributed by atoms with E-state index in [2.05, 4.69) is 10.6 Å². The quantitative estimate of drug-likeness (QED) is 0.767. The molecule has 2 N–H and O–H groups in total. The van der Waals surface area contributed by atoms with Gasteiger partial charge in [-0.2, -0.15) is 0 Å². The topological polar surface area (TPSA) is 78.5 Å². The SMILES string of the molecule is CC1CC(NC(=O)[C@H](C)NC(=O)Cc2cc(F)cc(F)c2)C(=O)N(C)c2ccccc21. The zero-order valence-electron chi connectivity index (χ0n) is 17.6. The third kappa shape index (κ3) is 5.25. The number of hydrogen-bond acceptors (Lipinski definition) is 3. The molecule has 1 heterocycles. The van der Waals surface area contributed by atoms with E-state index in [-0.39, 0.29) is 23.8 Å². The number of halogens is 2. The van der Waals surface area contributed by atoms with Crippen LogP contribution in [0.2, 0.25) is 0 Å². The van der Waals surface area contributed by atoms with Gasteiger partial charge >= 0.3 is 0 Å². The number of rotatable bonds is 5. The number of nitrogens with zero attached hydrogens (tertiary/aromatic N) is 1. The highest BCUT2D eigenvalue weighted by Gasteiger charge is 2.33. The molecule has 3 amide bonds. The summed E-state index contributed by atoms with van der Waals surface area (Å²) in [6.45, 7) is 3.48. The minimum Gasteiger partial charge on any atom is -0.344 e. The summed E-state index contributed by atoms with van der Waals surface area (Å²) >= 11 is 0. The number of hydrogen-bond donors (Lipinski definition) is 2. The summed E-state index contributed by atoms with van der Waals surface area (Å²) in [6, 6.07) is 8.78. The molecule has 2 aromatic carbocycles. The normalized spacial score (nSPS) is 19.3. The van der Waals surface area contributed by atoms with Gasteiger partial charge in [0.1, 0.15) is 23.7 Å². The van der Waals surface area contributed by atoms with Crippen molar-refractivity contribution < 1.29 is 23.2 Å². The Morgan fingerprint density at radius 2 is 1.81 bits per heavy atom. The molecule has 0 saturated carbocycles. The number of carbonyl (C=O) groups excluding carboxylic acids is 3. The fourth-order valence-corrected chi connectivity index (χ4v) is 3.82. The second kappa shape index (κ2) is 9.24. The van der Waals surface area contributed by atoms with Gasteiger partial charge in [-0.05, 0) is 48.6 Å². The van der Waals surface area contributed by atoms with Crippen LogP contribution in [-0.4, -0.2) is 36.9 Å². The molecule has 3 atom stereocenters. The number of nitrogens with one attached hydrogen (secondary N) is 2. The highest BCUT2D eigenvalue weighted by Crippen LogP contribution is 2.33. The van der Waals surface area contributed by atoms with Gasteiger partial charge in [-0.3, -0.25) is 14.4 Å². The van der Waals surface area contributed by atoms with E-state index in [9.17, 15) is 23.2 Å². The van der Waals surface area contributed by atoms with Crippen LogP contribution < -0.4 is 15.5 Å². The van der Waals surface area contributed by atoms with Crippen LogP contribution in [0.4, 0.5) is 14.5 Å². The average Bonchev–Trinajstić information content (AvgIpc) is 2.78. The number of anilines is 1. The summed E-state index contributed by atoms with van der Waals surface area (Å²) in [5.74, 6) is -2.82. The summed E-state index contributed by atoms with van der Waals surface area (Å²) in [4.78, 5) is 39.3. The second-order valence-corrected chi connectivity index (χ2v) is 7.90. The molecule has 0 saturated heterocycles. The lowest BCUT2D eigenvalue weighted by atomic mass is 9.94. The summed E-state index contributed by atoms with van der Waals surface area (Å²) in [7, 11) is 1.67. The molecular formula is C23H25F2N3O3. The van der Waals surface area contributed by atoms with Gasteiger partial charge in [0.2, 0.25) is 17.7 Å². The van der Waals surface area contributed by atoms with Crippen molar-refractivity contribution in [3.63, 3.8) is 0 Å².